The quantitative estimate of drug-likeness (QED) is 0.164. The van der Waals surface area contributed by atoms with Gasteiger partial charge in [-0.15, -0.1) is 0 Å². The summed E-state index contributed by atoms with van der Waals surface area (Å²) in [5, 5.41) is 12.2. The van der Waals surface area contributed by atoms with E-state index in [1.165, 1.54) is 70.6 Å². The molecule has 3 aromatic heterocycles. The van der Waals surface area contributed by atoms with Gasteiger partial charge in [0.25, 0.3) is 0 Å². The van der Waals surface area contributed by atoms with Gasteiger partial charge in [0.05, 0.1) is 16.6 Å². The van der Waals surface area contributed by atoms with E-state index in [1.54, 1.807) is 0 Å². The summed E-state index contributed by atoms with van der Waals surface area (Å²) < 4.78 is 2.44. The Hall–Kier alpha value is -8.21. The highest BCUT2D eigenvalue weighted by Crippen LogP contribution is 2.46. The molecule has 282 valence electrons. The first-order chi connectivity index (χ1) is 30.2. The van der Waals surface area contributed by atoms with E-state index < -0.39 is 0 Å². The van der Waals surface area contributed by atoms with Gasteiger partial charge in [0.15, 0.2) is 17.5 Å². The summed E-state index contributed by atoms with van der Waals surface area (Å²) in [6, 6.07) is 73.9. The van der Waals surface area contributed by atoms with Crippen LogP contribution in [-0.4, -0.2) is 19.4 Å². The molecular formula is C57H34N4. The lowest BCUT2D eigenvalue weighted by molar-refractivity contribution is 1.07. The molecule has 4 heteroatoms. The van der Waals surface area contributed by atoms with Crippen molar-refractivity contribution < 1.29 is 0 Å². The fraction of sp³-hybridized carbons (Fsp3) is 0. The van der Waals surface area contributed by atoms with Crippen molar-refractivity contribution in [1.82, 2.24) is 19.4 Å². The summed E-state index contributed by atoms with van der Waals surface area (Å²) in [5.74, 6) is 1.89. The lowest BCUT2D eigenvalue weighted by atomic mass is 9.88. The summed E-state index contributed by atoms with van der Waals surface area (Å²) in [7, 11) is 0. The Morgan fingerprint density at radius 3 is 1.16 bits per heavy atom. The fourth-order valence-corrected chi connectivity index (χ4v) is 9.76. The minimum Gasteiger partial charge on any atom is -0.308 e. The molecule has 0 fully saturated rings. The van der Waals surface area contributed by atoms with Crippen LogP contribution in [0.5, 0.6) is 0 Å². The zero-order valence-corrected chi connectivity index (χ0v) is 32.9. The average Bonchev–Trinajstić information content (AvgIpc) is 3.86. The van der Waals surface area contributed by atoms with Crippen molar-refractivity contribution >= 4 is 70.4 Å². The Balaban J connectivity index is 1.14. The molecule has 0 aliphatic carbocycles. The van der Waals surface area contributed by atoms with E-state index >= 15 is 0 Å². The van der Waals surface area contributed by atoms with Gasteiger partial charge in [0.1, 0.15) is 0 Å². The van der Waals surface area contributed by atoms with E-state index in [2.05, 4.69) is 186 Å². The third-order valence-electron chi connectivity index (χ3n) is 12.6. The second-order valence-corrected chi connectivity index (χ2v) is 15.9. The number of aromatic nitrogens is 4. The van der Waals surface area contributed by atoms with Gasteiger partial charge in [-0.1, -0.05) is 170 Å². The van der Waals surface area contributed by atoms with Crippen molar-refractivity contribution in [2.75, 3.05) is 0 Å². The Morgan fingerprint density at radius 1 is 0.246 bits per heavy atom. The largest absolute Gasteiger partial charge is 0.308 e. The molecule has 0 aliphatic rings. The summed E-state index contributed by atoms with van der Waals surface area (Å²) in [5.41, 5.74) is 11.0. The second-order valence-electron chi connectivity index (χ2n) is 15.9. The molecule has 0 radical (unpaired) electrons. The summed E-state index contributed by atoms with van der Waals surface area (Å²) >= 11 is 0. The van der Waals surface area contributed by atoms with Crippen LogP contribution in [-0.2, 0) is 0 Å². The first-order valence-corrected chi connectivity index (χ1v) is 20.8. The lowest BCUT2D eigenvalue weighted by Gasteiger charge is -2.17. The summed E-state index contributed by atoms with van der Waals surface area (Å²) in [4.78, 5) is 15.9. The van der Waals surface area contributed by atoms with Gasteiger partial charge in [0.2, 0.25) is 0 Å². The van der Waals surface area contributed by atoms with E-state index in [-0.39, 0.29) is 0 Å². The van der Waals surface area contributed by atoms with Crippen LogP contribution in [0.2, 0.25) is 0 Å². The van der Waals surface area contributed by atoms with Crippen molar-refractivity contribution in [1.29, 1.82) is 0 Å². The fourth-order valence-electron chi connectivity index (χ4n) is 9.76. The molecular weight excluding hydrogens is 741 g/mol. The van der Waals surface area contributed by atoms with Crippen LogP contribution in [0.3, 0.4) is 0 Å². The maximum Gasteiger partial charge on any atom is 0.164 e. The summed E-state index contributed by atoms with van der Waals surface area (Å²) in [6.07, 6.45) is 0. The van der Waals surface area contributed by atoms with Gasteiger partial charge in [-0.2, -0.15) is 0 Å². The number of hydrogen-bond donors (Lipinski definition) is 0. The van der Waals surface area contributed by atoms with Crippen molar-refractivity contribution in [3.8, 4) is 56.4 Å². The number of benzene rings is 10. The maximum atomic E-state index is 5.40. The third-order valence-corrected chi connectivity index (χ3v) is 12.6. The van der Waals surface area contributed by atoms with Gasteiger partial charge in [-0.3, -0.25) is 0 Å². The van der Waals surface area contributed by atoms with Crippen LogP contribution in [0.15, 0.2) is 206 Å². The first kappa shape index (κ1) is 33.7. The van der Waals surface area contributed by atoms with Crippen LogP contribution in [0, 0.1) is 0 Å². The van der Waals surface area contributed by atoms with E-state index in [9.17, 15) is 0 Å². The first-order valence-electron chi connectivity index (χ1n) is 20.8. The molecule has 0 saturated carbocycles. The van der Waals surface area contributed by atoms with Gasteiger partial charge < -0.3 is 4.40 Å². The normalized spacial score (nSPS) is 11.9. The van der Waals surface area contributed by atoms with E-state index in [0.29, 0.717) is 17.5 Å². The minimum atomic E-state index is 0.629. The molecule has 61 heavy (non-hydrogen) atoms. The van der Waals surface area contributed by atoms with Crippen molar-refractivity contribution in [2.24, 2.45) is 0 Å². The number of nitrogens with zero attached hydrogens (tertiary/aromatic N) is 4. The molecule has 0 amide bonds. The molecule has 4 nitrogen and oxygen atoms in total. The zero-order chi connectivity index (χ0) is 40.0. The smallest absolute Gasteiger partial charge is 0.164 e. The molecule has 0 unspecified atom stereocenters. The summed E-state index contributed by atoms with van der Waals surface area (Å²) in [6.45, 7) is 0. The van der Waals surface area contributed by atoms with Crippen LogP contribution in [0.25, 0.3) is 127 Å². The minimum absolute atomic E-state index is 0.629. The topological polar surface area (TPSA) is 43.1 Å². The predicted molar refractivity (Wildman–Crippen MR) is 254 cm³/mol. The molecule has 13 rings (SSSR count). The monoisotopic (exact) mass is 774 g/mol. The predicted octanol–water partition coefficient (Wildman–Crippen LogP) is 14.8. The standard InChI is InChI=1S/C57H34N4/c1-3-15-35(16-4-1)36-27-29-38(30-28-36)56-58-55(37-17-5-2-6-18-37)59-57(60-56)51-34-48-43-22-10-8-20-41(43)40-19-7-9-21-42(40)47(48)33-46(51)39-31-49-44-23-11-13-25-52(44)61-53-26-14-12-24-45(53)50(32-39)54(49)61/h1-34H. The van der Waals surface area contributed by atoms with Crippen molar-refractivity contribution in [3.63, 3.8) is 0 Å². The Bertz CT molecular complexity index is 3770. The van der Waals surface area contributed by atoms with E-state index in [0.717, 1.165) is 38.8 Å². The Morgan fingerprint density at radius 2 is 0.623 bits per heavy atom. The SMILES string of the molecule is c1ccc(-c2ccc(-c3nc(-c4ccccc4)nc(-c4cc5c6ccccc6c6ccccc6c5cc4-c4cc5c6ccccc6n6c7ccccc7c(c4)c56)n3)cc2)cc1. The van der Waals surface area contributed by atoms with E-state index in [4.69, 9.17) is 15.0 Å². The van der Waals surface area contributed by atoms with Gasteiger partial charge in [-0.25, -0.2) is 15.0 Å². The third kappa shape index (κ3) is 5.16. The molecule has 0 bridgehead atoms. The molecule has 0 saturated heterocycles. The average molecular weight is 775 g/mol. The number of hydrogen-bond acceptors (Lipinski definition) is 3. The van der Waals surface area contributed by atoms with E-state index in [1.807, 2.05) is 24.3 Å². The van der Waals surface area contributed by atoms with Gasteiger partial charge in [-0.05, 0) is 91.0 Å². The highest BCUT2D eigenvalue weighted by molar-refractivity contribution is 6.28. The molecule has 0 spiro atoms. The Kier molecular flexibility index (Phi) is 7.27. The van der Waals surface area contributed by atoms with Gasteiger partial charge in [0, 0.05) is 38.2 Å². The molecule has 0 atom stereocenters. The molecule has 13 aromatic rings. The van der Waals surface area contributed by atoms with Crippen LogP contribution < -0.4 is 0 Å². The molecule has 3 heterocycles. The molecule has 0 aliphatic heterocycles. The number of para-hydroxylation sites is 2. The number of rotatable bonds is 5. The van der Waals surface area contributed by atoms with Crippen LogP contribution >= 0.6 is 0 Å². The lowest BCUT2D eigenvalue weighted by Crippen LogP contribution is -2.01. The number of fused-ring (bicyclic) bond motifs is 12. The zero-order valence-electron chi connectivity index (χ0n) is 32.9. The Labute approximate surface area is 351 Å². The highest BCUT2D eigenvalue weighted by Gasteiger charge is 2.23. The van der Waals surface area contributed by atoms with Crippen molar-refractivity contribution in [3.05, 3.63) is 206 Å². The molecule has 0 N–H and O–H groups in total. The highest BCUT2D eigenvalue weighted by atomic mass is 15.0. The van der Waals surface area contributed by atoms with Crippen LogP contribution in [0.4, 0.5) is 0 Å². The van der Waals surface area contributed by atoms with Crippen LogP contribution in [0.1, 0.15) is 0 Å². The second kappa shape index (κ2) is 13.2. The molecule has 10 aromatic carbocycles. The maximum absolute atomic E-state index is 5.40. The van der Waals surface area contributed by atoms with Gasteiger partial charge >= 0.3 is 0 Å². The van der Waals surface area contributed by atoms with Crippen molar-refractivity contribution in [2.45, 2.75) is 0 Å².